The Hall–Kier alpha value is -1.67. The summed E-state index contributed by atoms with van der Waals surface area (Å²) in [6, 6.07) is 0. The first-order chi connectivity index (χ1) is 12.6. The molecule has 2 N–H and O–H groups in total. The molecule has 0 spiro atoms. The van der Waals surface area contributed by atoms with Crippen molar-refractivity contribution >= 4 is 45.1 Å². The Kier molecular flexibility index (Phi) is 6.48. The lowest BCUT2D eigenvalue weighted by Crippen LogP contribution is -2.37. The van der Waals surface area contributed by atoms with Gasteiger partial charge in [-0.15, -0.1) is 11.3 Å². The highest BCUT2D eigenvalue weighted by Crippen LogP contribution is 2.39. The molecule has 6 nitrogen and oxygen atoms in total. The van der Waals surface area contributed by atoms with Crippen LogP contribution in [0.25, 0.3) is 10.2 Å². The van der Waals surface area contributed by atoms with Gasteiger partial charge in [0.15, 0.2) is 0 Å². The number of aryl methyl sites for hydroxylation is 3. The lowest BCUT2D eigenvalue weighted by Gasteiger charge is -2.12. The predicted octanol–water partition coefficient (Wildman–Crippen LogP) is 2.61. The van der Waals surface area contributed by atoms with Gasteiger partial charge in [-0.25, -0.2) is 9.97 Å². The Bertz CT molecular complexity index is 819. The van der Waals surface area contributed by atoms with Crippen LogP contribution in [0.1, 0.15) is 42.5 Å². The maximum absolute atomic E-state index is 12.1. The third kappa shape index (κ3) is 4.54. The molecule has 0 unspecified atom stereocenters. The van der Waals surface area contributed by atoms with E-state index in [4.69, 9.17) is 0 Å². The number of thiophene rings is 1. The first-order valence-electron chi connectivity index (χ1n) is 9.03. The Morgan fingerprint density at radius 3 is 2.77 bits per heavy atom. The van der Waals surface area contributed by atoms with E-state index < -0.39 is 0 Å². The van der Waals surface area contributed by atoms with Crippen molar-refractivity contribution in [3.8, 4) is 0 Å². The van der Waals surface area contributed by atoms with E-state index in [0.717, 1.165) is 40.3 Å². The van der Waals surface area contributed by atoms with E-state index in [1.165, 1.54) is 35.0 Å². The molecule has 0 atom stereocenters. The van der Waals surface area contributed by atoms with Gasteiger partial charge in [-0.3, -0.25) is 9.59 Å². The van der Waals surface area contributed by atoms with Crippen molar-refractivity contribution < 1.29 is 9.59 Å². The van der Waals surface area contributed by atoms with E-state index in [9.17, 15) is 9.59 Å². The Balaban J connectivity index is 1.66. The van der Waals surface area contributed by atoms with Crippen molar-refractivity contribution in [2.24, 2.45) is 0 Å². The number of rotatable bonds is 7. The first kappa shape index (κ1) is 19.1. The molecule has 0 aliphatic heterocycles. The number of carbonyl (C=O) groups is 2. The highest BCUT2D eigenvalue weighted by molar-refractivity contribution is 8.00. The minimum Gasteiger partial charge on any atom is -0.355 e. The predicted molar refractivity (Wildman–Crippen MR) is 106 cm³/mol. The third-order valence-corrected chi connectivity index (χ3v) is 6.41. The summed E-state index contributed by atoms with van der Waals surface area (Å²) in [6.45, 7) is 4.53. The summed E-state index contributed by atoms with van der Waals surface area (Å²) in [7, 11) is 0. The van der Waals surface area contributed by atoms with Gasteiger partial charge in [0, 0.05) is 16.8 Å². The number of thioether (sulfide) groups is 1. The van der Waals surface area contributed by atoms with Crippen molar-refractivity contribution in [3.63, 3.8) is 0 Å². The second-order valence-corrected chi connectivity index (χ2v) is 8.43. The standard InChI is InChI=1S/C18H24N4O2S2/c1-3-8-19-14(23)9-20-15(24)10-25-17-16-12-6-4-5-7-13(12)26-18(16)22-11(2)21-17/h3-10H2,1-2H3,(H,19,23)(H,20,24). The zero-order chi connectivity index (χ0) is 18.5. The smallest absolute Gasteiger partial charge is 0.239 e. The molecule has 0 aromatic carbocycles. The molecule has 0 saturated heterocycles. The molecule has 0 radical (unpaired) electrons. The van der Waals surface area contributed by atoms with Crippen molar-refractivity contribution in [2.45, 2.75) is 51.0 Å². The minimum absolute atomic E-state index is 0.0193. The molecule has 1 aliphatic rings. The van der Waals surface area contributed by atoms with E-state index in [1.807, 2.05) is 13.8 Å². The van der Waals surface area contributed by atoms with E-state index in [2.05, 4.69) is 20.6 Å². The molecule has 8 heteroatoms. The molecule has 26 heavy (non-hydrogen) atoms. The van der Waals surface area contributed by atoms with Crippen molar-refractivity contribution in [3.05, 3.63) is 16.3 Å². The van der Waals surface area contributed by atoms with Gasteiger partial charge in [0.2, 0.25) is 11.8 Å². The van der Waals surface area contributed by atoms with Crippen molar-refractivity contribution in [2.75, 3.05) is 18.8 Å². The van der Waals surface area contributed by atoms with Crippen molar-refractivity contribution in [1.82, 2.24) is 20.6 Å². The number of amides is 2. The van der Waals surface area contributed by atoms with Crippen LogP contribution in [0.15, 0.2) is 5.03 Å². The van der Waals surface area contributed by atoms with Gasteiger partial charge in [0.05, 0.1) is 12.3 Å². The molecular formula is C18H24N4O2S2. The average molecular weight is 393 g/mol. The fourth-order valence-electron chi connectivity index (χ4n) is 3.02. The van der Waals surface area contributed by atoms with Crippen LogP contribution in [0.3, 0.4) is 0 Å². The van der Waals surface area contributed by atoms with E-state index in [1.54, 1.807) is 11.3 Å². The second kappa shape index (κ2) is 8.81. The van der Waals surface area contributed by atoms with Crippen molar-refractivity contribution in [1.29, 1.82) is 0 Å². The van der Waals surface area contributed by atoms with E-state index in [0.29, 0.717) is 6.54 Å². The number of fused-ring (bicyclic) bond motifs is 3. The van der Waals surface area contributed by atoms with Gasteiger partial charge >= 0.3 is 0 Å². The van der Waals surface area contributed by atoms with Crippen LogP contribution in [0.2, 0.25) is 0 Å². The van der Waals surface area contributed by atoms with Gasteiger partial charge in [0.1, 0.15) is 15.7 Å². The summed E-state index contributed by atoms with van der Waals surface area (Å²) < 4.78 is 0. The molecule has 0 fully saturated rings. The number of nitrogens with one attached hydrogen (secondary N) is 2. The Labute approximate surface area is 161 Å². The number of hydrogen-bond acceptors (Lipinski definition) is 6. The summed E-state index contributed by atoms with van der Waals surface area (Å²) in [6.07, 6.45) is 5.50. The van der Waals surface area contributed by atoms with Crippen LogP contribution in [0.4, 0.5) is 0 Å². The SMILES string of the molecule is CCCNC(=O)CNC(=O)CSc1nc(C)nc2sc3c(c12)CCCC3. The Morgan fingerprint density at radius 2 is 1.96 bits per heavy atom. The maximum Gasteiger partial charge on any atom is 0.239 e. The van der Waals surface area contributed by atoms with Gasteiger partial charge in [-0.2, -0.15) is 0 Å². The highest BCUT2D eigenvalue weighted by atomic mass is 32.2. The highest BCUT2D eigenvalue weighted by Gasteiger charge is 2.21. The Morgan fingerprint density at radius 1 is 1.15 bits per heavy atom. The molecule has 2 aromatic heterocycles. The number of aromatic nitrogens is 2. The lowest BCUT2D eigenvalue weighted by atomic mass is 9.97. The topological polar surface area (TPSA) is 84.0 Å². The molecule has 1 aliphatic carbocycles. The molecule has 2 heterocycles. The van der Waals surface area contributed by atoms with E-state index in [-0.39, 0.29) is 24.1 Å². The van der Waals surface area contributed by atoms with Crippen LogP contribution < -0.4 is 10.6 Å². The molecule has 140 valence electrons. The quantitative estimate of drug-likeness (QED) is 0.559. The van der Waals surface area contributed by atoms with Crippen LogP contribution >= 0.6 is 23.1 Å². The minimum atomic E-state index is -0.157. The van der Waals surface area contributed by atoms with Gasteiger partial charge in [-0.05, 0) is 44.6 Å². The van der Waals surface area contributed by atoms with Gasteiger partial charge < -0.3 is 10.6 Å². The summed E-state index contributed by atoms with van der Waals surface area (Å²) in [5.41, 5.74) is 1.37. The second-order valence-electron chi connectivity index (χ2n) is 6.38. The zero-order valence-electron chi connectivity index (χ0n) is 15.2. The molecule has 2 amide bonds. The molecule has 2 aromatic rings. The largest absolute Gasteiger partial charge is 0.355 e. The molecule has 0 saturated carbocycles. The summed E-state index contributed by atoms with van der Waals surface area (Å²) in [5.74, 6) is 0.669. The zero-order valence-corrected chi connectivity index (χ0v) is 16.8. The summed E-state index contributed by atoms with van der Waals surface area (Å²) >= 11 is 3.20. The fourth-order valence-corrected chi connectivity index (χ4v) is 5.32. The lowest BCUT2D eigenvalue weighted by molar-refractivity contribution is -0.124. The van der Waals surface area contributed by atoms with Gasteiger partial charge in [-0.1, -0.05) is 18.7 Å². The summed E-state index contributed by atoms with van der Waals surface area (Å²) in [4.78, 5) is 35.3. The molecule has 0 bridgehead atoms. The normalized spacial score (nSPS) is 13.5. The van der Waals surface area contributed by atoms with Crippen LogP contribution in [0, 0.1) is 6.92 Å². The maximum atomic E-state index is 12.1. The first-order valence-corrected chi connectivity index (χ1v) is 10.8. The average Bonchev–Trinajstić information content (AvgIpc) is 3.00. The van der Waals surface area contributed by atoms with Crippen LogP contribution in [-0.2, 0) is 22.4 Å². The number of nitrogens with zero attached hydrogens (tertiary/aromatic N) is 2. The van der Waals surface area contributed by atoms with Gasteiger partial charge in [0.25, 0.3) is 0 Å². The summed E-state index contributed by atoms with van der Waals surface area (Å²) in [5, 5.41) is 7.43. The van der Waals surface area contributed by atoms with E-state index >= 15 is 0 Å². The van der Waals surface area contributed by atoms with Crippen LogP contribution in [-0.4, -0.2) is 40.6 Å². The molecule has 3 rings (SSSR count). The molecular weight excluding hydrogens is 368 g/mol. The fraction of sp³-hybridized carbons (Fsp3) is 0.556. The third-order valence-electron chi connectivity index (χ3n) is 4.25. The number of carbonyl (C=O) groups excluding carboxylic acids is 2. The monoisotopic (exact) mass is 392 g/mol. The van der Waals surface area contributed by atoms with Crippen LogP contribution in [0.5, 0.6) is 0 Å². The number of hydrogen-bond donors (Lipinski definition) is 2.